The minimum atomic E-state index is -2.75. The number of esters is 1. The van der Waals surface area contributed by atoms with Gasteiger partial charge in [0.2, 0.25) is 0 Å². The van der Waals surface area contributed by atoms with E-state index in [-0.39, 0.29) is 34.2 Å². The monoisotopic (exact) mass is 562 g/mol. The largest absolute Gasteiger partial charge is 0.462 e. The van der Waals surface area contributed by atoms with Gasteiger partial charge in [0.1, 0.15) is 4.88 Å². The van der Waals surface area contributed by atoms with Gasteiger partial charge in [0.05, 0.1) is 31.0 Å². The summed E-state index contributed by atoms with van der Waals surface area (Å²) in [5.74, 6) is -1.96. The summed E-state index contributed by atoms with van der Waals surface area (Å²) < 4.78 is 36.1. The van der Waals surface area contributed by atoms with E-state index in [0.29, 0.717) is 43.4 Å². The molecule has 2 aromatic rings. The summed E-state index contributed by atoms with van der Waals surface area (Å²) in [5, 5.41) is 5.59. The summed E-state index contributed by atoms with van der Waals surface area (Å²) in [5.41, 5.74) is 0.390. The number of imidazole rings is 1. The average Bonchev–Trinajstić information content (AvgIpc) is 3.48. The molecule has 3 heterocycles. The Morgan fingerprint density at radius 3 is 2.59 bits per heavy atom. The van der Waals surface area contributed by atoms with Crippen LogP contribution in [0.3, 0.4) is 0 Å². The molecule has 1 aliphatic heterocycles. The number of carbonyl (C=O) groups excluding carboxylic acids is 3. The molecule has 3 N–H and O–H groups in total. The summed E-state index contributed by atoms with van der Waals surface area (Å²) in [4.78, 5) is 50.7. The zero-order valence-electron chi connectivity index (χ0n) is 20.6. The van der Waals surface area contributed by atoms with Crippen molar-refractivity contribution in [3.8, 4) is 0 Å². The number of carbonyl (C=O) groups is 3. The Labute approximate surface area is 221 Å². The van der Waals surface area contributed by atoms with Crippen LogP contribution in [0.1, 0.15) is 63.7 Å². The lowest BCUT2D eigenvalue weighted by atomic mass is 10.0. The number of alkyl halides is 2. The topological polar surface area (TPSA) is 139 Å². The number of nitrogens with zero attached hydrogens (tertiary/aromatic N) is 3. The molecule has 2 amide bonds. The highest BCUT2D eigenvalue weighted by Gasteiger charge is 2.35. The second kappa shape index (κ2) is 13.1. The number of H-pyrrole nitrogens is 1. The molecule has 0 saturated carbocycles. The van der Waals surface area contributed by atoms with Crippen LogP contribution in [0, 0.1) is 0 Å². The maximum Gasteiger partial charge on any atom is 0.350 e. The second-order valence-corrected chi connectivity index (χ2v) is 9.35. The predicted molar refractivity (Wildman–Crippen MR) is 133 cm³/mol. The summed E-state index contributed by atoms with van der Waals surface area (Å²) >= 11 is 6.99. The maximum atomic E-state index is 12.8. The molecule has 1 fully saturated rings. The standard InChI is InChI=1S/C22H29ClF2N6O5S/c1-4-11-17(23)30-18(27-11)20(33)28-12-7-8-31(10-13(12)35-5-2)22-29-15(19(32)26-9-14(24)25)16(37-22)21(34)36-6-3/h12-14H,4-10H2,1-3H3,(H,26,32)(H,27,30)(H,28,33). The molecule has 1 saturated heterocycles. The molecular formula is C22H29ClF2N6O5S. The summed E-state index contributed by atoms with van der Waals surface area (Å²) in [6, 6.07) is -0.351. The van der Waals surface area contributed by atoms with Crippen LogP contribution >= 0.6 is 22.9 Å². The maximum absolute atomic E-state index is 12.8. The molecule has 37 heavy (non-hydrogen) atoms. The van der Waals surface area contributed by atoms with Crippen LogP contribution in [0.5, 0.6) is 0 Å². The lowest BCUT2D eigenvalue weighted by molar-refractivity contribution is 0.0271. The van der Waals surface area contributed by atoms with Gasteiger partial charge in [-0.05, 0) is 26.7 Å². The van der Waals surface area contributed by atoms with Crippen molar-refractivity contribution in [3.05, 3.63) is 27.2 Å². The zero-order chi connectivity index (χ0) is 27.1. The van der Waals surface area contributed by atoms with Crippen LogP contribution in [0.2, 0.25) is 5.15 Å². The molecule has 15 heteroatoms. The fourth-order valence-electron chi connectivity index (χ4n) is 3.79. The van der Waals surface area contributed by atoms with Crippen molar-refractivity contribution in [2.24, 2.45) is 0 Å². The fraction of sp³-hybridized carbons (Fsp3) is 0.591. The molecule has 1 aliphatic rings. The van der Waals surface area contributed by atoms with Gasteiger partial charge in [-0.2, -0.15) is 0 Å². The number of hydrogen-bond donors (Lipinski definition) is 3. The van der Waals surface area contributed by atoms with Crippen molar-refractivity contribution in [1.82, 2.24) is 25.6 Å². The number of thiazole rings is 1. The smallest absolute Gasteiger partial charge is 0.350 e. The molecular weight excluding hydrogens is 534 g/mol. The Bertz CT molecular complexity index is 1110. The Hall–Kier alpha value is -2.84. The van der Waals surface area contributed by atoms with Gasteiger partial charge in [-0.15, -0.1) is 0 Å². The molecule has 2 atom stereocenters. The van der Waals surface area contributed by atoms with Crippen molar-refractivity contribution in [1.29, 1.82) is 0 Å². The molecule has 0 aromatic carbocycles. The summed E-state index contributed by atoms with van der Waals surface area (Å²) in [6.07, 6.45) is -2.12. The Balaban J connectivity index is 1.77. The molecule has 204 valence electrons. The van der Waals surface area contributed by atoms with E-state index in [1.165, 1.54) is 0 Å². The molecule has 0 spiro atoms. The molecule has 0 radical (unpaired) electrons. The first-order chi connectivity index (χ1) is 17.7. The van der Waals surface area contributed by atoms with Gasteiger partial charge in [0.25, 0.3) is 18.2 Å². The van der Waals surface area contributed by atoms with E-state index in [1.807, 2.05) is 18.7 Å². The van der Waals surface area contributed by atoms with Gasteiger partial charge in [-0.3, -0.25) is 9.59 Å². The van der Waals surface area contributed by atoms with E-state index in [9.17, 15) is 23.2 Å². The summed E-state index contributed by atoms with van der Waals surface area (Å²) in [7, 11) is 0. The predicted octanol–water partition coefficient (Wildman–Crippen LogP) is 2.67. The average molecular weight is 563 g/mol. The van der Waals surface area contributed by atoms with Gasteiger partial charge in [-0.1, -0.05) is 29.9 Å². The second-order valence-electron chi connectivity index (χ2n) is 8.01. The van der Waals surface area contributed by atoms with Crippen LogP contribution in [0.25, 0.3) is 0 Å². The Kier molecular flexibility index (Phi) is 10.2. The minimum absolute atomic E-state index is 0.0717. The number of anilines is 1. The van der Waals surface area contributed by atoms with Crippen LogP contribution < -0.4 is 15.5 Å². The van der Waals surface area contributed by atoms with Gasteiger partial charge in [0, 0.05) is 19.7 Å². The highest BCUT2D eigenvalue weighted by molar-refractivity contribution is 7.17. The SMILES string of the molecule is CCOC(=O)c1sc(N2CCC(NC(=O)c3nc(Cl)c(CC)[nH]3)C(OCC)C2)nc1C(=O)NCC(F)F. The van der Waals surface area contributed by atoms with E-state index >= 15 is 0 Å². The first-order valence-corrected chi connectivity index (χ1v) is 13.0. The number of rotatable bonds is 11. The third-order valence-corrected chi connectivity index (χ3v) is 6.94. The first kappa shape index (κ1) is 28.7. The number of aromatic amines is 1. The number of aromatic nitrogens is 3. The van der Waals surface area contributed by atoms with E-state index in [1.54, 1.807) is 6.92 Å². The van der Waals surface area contributed by atoms with E-state index in [2.05, 4.69) is 25.6 Å². The number of ether oxygens (including phenoxy) is 2. The summed E-state index contributed by atoms with van der Waals surface area (Å²) in [6.45, 7) is 5.63. The lowest BCUT2D eigenvalue weighted by Gasteiger charge is -2.38. The normalized spacial score (nSPS) is 17.6. The Morgan fingerprint density at radius 2 is 1.97 bits per heavy atom. The quantitative estimate of drug-likeness (QED) is 0.355. The van der Waals surface area contributed by atoms with Gasteiger partial charge in [-0.25, -0.2) is 23.5 Å². The van der Waals surface area contributed by atoms with Crippen molar-refractivity contribution >= 4 is 45.9 Å². The number of nitrogens with one attached hydrogen (secondary N) is 3. The molecule has 11 nitrogen and oxygen atoms in total. The number of hydrogen-bond acceptors (Lipinski definition) is 9. The molecule has 0 aliphatic carbocycles. The van der Waals surface area contributed by atoms with Crippen molar-refractivity contribution in [3.63, 3.8) is 0 Å². The highest BCUT2D eigenvalue weighted by atomic mass is 35.5. The third-order valence-electron chi connectivity index (χ3n) is 5.53. The van der Waals surface area contributed by atoms with Crippen molar-refractivity contribution in [2.45, 2.75) is 52.2 Å². The highest BCUT2D eigenvalue weighted by Crippen LogP contribution is 2.30. The Morgan fingerprint density at radius 1 is 1.22 bits per heavy atom. The third kappa shape index (κ3) is 7.14. The molecule has 3 rings (SSSR count). The zero-order valence-corrected chi connectivity index (χ0v) is 22.2. The number of amides is 2. The van der Waals surface area contributed by atoms with E-state index < -0.39 is 36.9 Å². The van der Waals surface area contributed by atoms with E-state index in [0.717, 1.165) is 11.3 Å². The minimum Gasteiger partial charge on any atom is -0.462 e. The van der Waals surface area contributed by atoms with Crippen molar-refractivity contribution in [2.75, 3.05) is 37.7 Å². The van der Waals surface area contributed by atoms with Crippen LogP contribution in [-0.2, 0) is 15.9 Å². The number of halogens is 3. The first-order valence-electron chi connectivity index (χ1n) is 11.8. The van der Waals surface area contributed by atoms with Crippen LogP contribution in [0.4, 0.5) is 13.9 Å². The van der Waals surface area contributed by atoms with Crippen LogP contribution in [-0.4, -0.2) is 84.2 Å². The number of aryl methyl sites for hydroxylation is 1. The molecule has 0 bridgehead atoms. The van der Waals surface area contributed by atoms with Crippen LogP contribution in [0.15, 0.2) is 0 Å². The lowest BCUT2D eigenvalue weighted by Crippen LogP contribution is -2.55. The molecule has 2 aromatic heterocycles. The number of piperidine rings is 1. The van der Waals surface area contributed by atoms with E-state index in [4.69, 9.17) is 21.1 Å². The van der Waals surface area contributed by atoms with Crippen molar-refractivity contribution < 1.29 is 32.6 Å². The van der Waals surface area contributed by atoms with Gasteiger partial charge in [0.15, 0.2) is 21.8 Å². The van der Waals surface area contributed by atoms with Gasteiger partial charge < -0.3 is 30.0 Å². The van der Waals surface area contributed by atoms with Gasteiger partial charge >= 0.3 is 5.97 Å². The molecule has 2 unspecified atom stereocenters. The fourth-order valence-corrected chi connectivity index (χ4v) is 5.05.